The van der Waals surface area contributed by atoms with Gasteiger partial charge in [0.05, 0.1) is 23.7 Å². The Balaban J connectivity index is 1.60. The number of cyclic esters (lactones) is 2. The third kappa shape index (κ3) is 10.3. The number of halogens is 1. The van der Waals surface area contributed by atoms with E-state index in [1.807, 2.05) is 45.0 Å². The van der Waals surface area contributed by atoms with Crippen LogP contribution in [0.3, 0.4) is 0 Å². The van der Waals surface area contributed by atoms with Crippen molar-refractivity contribution in [2.45, 2.75) is 90.9 Å². The quantitative estimate of drug-likeness (QED) is 0.252. The average molecular weight is 698 g/mol. The van der Waals surface area contributed by atoms with Gasteiger partial charge >= 0.3 is 11.9 Å². The molecule has 0 saturated carbocycles. The van der Waals surface area contributed by atoms with E-state index in [4.69, 9.17) is 36.3 Å². The highest BCUT2D eigenvalue weighted by Crippen LogP contribution is 2.45. The normalized spacial score (nSPS) is 26.2. The van der Waals surface area contributed by atoms with Crippen molar-refractivity contribution in [2.24, 2.45) is 23.0 Å². The molecule has 0 spiro atoms. The number of nitrogens with one attached hydrogen (secondary N) is 2. The van der Waals surface area contributed by atoms with Crippen LogP contribution in [0.1, 0.15) is 70.3 Å². The van der Waals surface area contributed by atoms with Gasteiger partial charge in [0.15, 0.2) is 6.10 Å². The number of nitrogens with two attached hydrogens (primary N) is 1. The van der Waals surface area contributed by atoms with E-state index in [0.717, 1.165) is 11.1 Å². The summed E-state index contributed by atoms with van der Waals surface area (Å²) in [5, 5.41) is 5.91. The van der Waals surface area contributed by atoms with Gasteiger partial charge in [0.25, 0.3) is 0 Å². The predicted octanol–water partition coefficient (Wildman–Crippen LogP) is 4.58. The molecule has 1 saturated heterocycles. The Morgan fingerprint density at radius 1 is 1.02 bits per heavy atom. The van der Waals surface area contributed by atoms with Crippen LogP contribution in [0.4, 0.5) is 0 Å². The summed E-state index contributed by atoms with van der Waals surface area (Å²) in [6.07, 6.45) is 1.18. The lowest BCUT2D eigenvalue weighted by Gasteiger charge is -2.29. The number of hydrogen-bond donors (Lipinski definition) is 3. The molecule has 0 unspecified atom stereocenters. The highest BCUT2D eigenvalue weighted by Gasteiger charge is 2.48. The smallest absolute Gasteiger partial charge is 0.347 e. The molecule has 2 heterocycles. The fraction of sp³-hybridized carbons (Fsp3) is 0.514. The fourth-order valence-corrected chi connectivity index (χ4v) is 5.95. The second kappa shape index (κ2) is 16.7. The first-order valence-electron chi connectivity index (χ1n) is 16.7. The number of rotatable bonds is 9. The number of methoxy groups -OCH3 is 1. The minimum Gasteiger partial charge on any atom is -0.495 e. The highest BCUT2D eigenvalue weighted by atomic mass is 35.5. The first-order valence-corrected chi connectivity index (χ1v) is 17.0. The molecule has 0 aliphatic carbocycles. The SMILES string of the molecule is COc1ccc(C[C@@H]2NC(=O)/C=C/C[C@@H]([C@H](C)[C@H]3O[C@@H]3c3ccc(CN)cc3)OC(=O)[C@H](CC(C)C)OC(=O)C(C)(C)CNC2=O)cc1Cl. The van der Waals surface area contributed by atoms with E-state index in [-0.39, 0.29) is 49.9 Å². The van der Waals surface area contributed by atoms with E-state index in [1.165, 1.54) is 13.2 Å². The molecule has 2 aliphatic heterocycles. The molecule has 49 heavy (non-hydrogen) atoms. The lowest BCUT2D eigenvalue weighted by atomic mass is 9.92. The first-order chi connectivity index (χ1) is 23.2. The van der Waals surface area contributed by atoms with Crippen LogP contribution in [0, 0.1) is 17.3 Å². The van der Waals surface area contributed by atoms with Gasteiger partial charge in [-0.1, -0.05) is 68.8 Å². The second-order valence-corrected chi connectivity index (χ2v) is 14.2. The van der Waals surface area contributed by atoms with Crippen LogP contribution in [0.25, 0.3) is 0 Å². The van der Waals surface area contributed by atoms with Gasteiger partial charge in [-0.05, 0) is 61.1 Å². The number of amides is 2. The van der Waals surface area contributed by atoms with Crippen molar-refractivity contribution in [3.8, 4) is 5.75 Å². The topological polar surface area (TPSA) is 159 Å². The molecule has 4 N–H and O–H groups in total. The molecule has 0 radical (unpaired) electrons. The summed E-state index contributed by atoms with van der Waals surface area (Å²) in [5.41, 5.74) is 7.22. The van der Waals surface area contributed by atoms with Gasteiger partial charge in [-0.25, -0.2) is 4.79 Å². The van der Waals surface area contributed by atoms with Crippen molar-refractivity contribution in [3.05, 3.63) is 76.3 Å². The molecule has 2 aromatic carbocycles. The van der Waals surface area contributed by atoms with E-state index >= 15 is 0 Å². The number of carbonyl (C=O) groups excluding carboxylic acids is 4. The number of ether oxygens (including phenoxy) is 4. The summed E-state index contributed by atoms with van der Waals surface area (Å²) in [6, 6.07) is 12.0. The predicted molar refractivity (Wildman–Crippen MR) is 185 cm³/mol. The Morgan fingerprint density at radius 2 is 1.71 bits per heavy atom. The van der Waals surface area contributed by atoms with E-state index < -0.39 is 47.4 Å². The van der Waals surface area contributed by atoms with Gasteiger partial charge in [-0.3, -0.25) is 14.4 Å². The maximum atomic E-state index is 13.6. The third-order valence-corrected chi connectivity index (χ3v) is 9.12. The minimum atomic E-state index is -1.21. The minimum absolute atomic E-state index is 0.0121. The molecule has 2 aliphatic rings. The lowest BCUT2D eigenvalue weighted by molar-refractivity contribution is -0.179. The Hall–Kier alpha value is -3.93. The molecular formula is C37H48ClN3O8. The van der Waals surface area contributed by atoms with E-state index in [9.17, 15) is 19.2 Å². The first kappa shape index (κ1) is 37.9. The van der Waals surface area contributed by atoms with Crippen molar-refractivity contribution in [1.82, 2.24) is 10.6 Å². The Labute approximate surface area is 293 Å². The molecule has 6 atom stereocenters. The Bertz CT molecular complexity index is 1530. The zero-order chi connectivity index (χ0) is 35.9. The van der Waals surface area contributed by atoms with Crippen molar-refractivity contribution in [1.29, 1.82) is 0 Å². The zero-order valence-electron chi connectivity index (χ0n) is 29.0. The van der Waals surface area contributed by atoms with Crippen LogP contribution in [-0.4, -0.2) is 61.8 Å². The number of esters is 2. The lowest BCUT2D eigenvalue weighted by Crippen LogP contribution is -2.51. The second-order valence-electron chi connectivity index (χ2n) is 13.8. The summed E-state index contributed by atoms with van der Waals surface area (Å²) in [7, 11) is 1.50. The average Bonchev–Trinajstić information content (AvgIpc) is 3.86. The van der Waals surface area contributed by atoms with Crippen molar-refractivity contribution in [2.75, 3.05) is 13.7 Å². The van der Waals surface area contributed by atoms with E-state index in [1.54, 1.807) is 38.1 Å². The van der Waals surface area contributed by atoms with Crippen LogP contribution in [0.2, 0.25) is 5.02 Å². The van der Waals surface area contributed by atoms with Gasteiger partial charge in [-0.2, -0.15) is 0 Å². The van der Waals surface area contributed by atoms with Crippen LogP contribution in [0.15, 0.2) is 54.6 Å². The summed E-state index contributed by atoms with van der Waals surface area (Å²) < 4.78 is 23.1. The van der Waals surface area contributed by atoms with Crippen LogP contribution >= 0.6 is 11.6 Å². The molecule has 2 aromatic rings. The van der Waals surface area contributed by atoms with Gasteiger partial charge < -0.3 is 35.3 Å². The summed E-state index contributed by atoms with van der Waals surface area (Å²) in [5.74, 6) is -2.14. The molecular weight excluding hydrogens is 650 g/mol. The van der Waals surface area contributed by atoms with E-state index in [2.05, 4.69) is 10.6 Å². The van der Waals surface area contributed by atoms with Gasteiger partial charge in [0, 0.05) is 31.8 Å². The van der Waals surface area contributed by atoms with Crippen molar-refractivity contribution in [3.63, 3.8) is 0 Å². The molecule has 2 amide bonds. The Morgan fingerprint density at radius 3 is 2.35 bits per heavy atom. The number of benzene rings is 2. The molecule has 12 heteroatoms. The third-order valence-electron chi connectivity index (χ3n) is 8.82. The van der Waals surface area contributed by atoms with Crippen LogP contribution in [0.5, 0.6) is 5.75 Å². The summed E-state index contributed by atoms with van der Waals surface area (Å²) >= 11 is 6.32. The number of carbonyl (C=O) groups is 4. The largest absolute Gasteiger partial charge is 0.495 e. The molecule has 0 bridgehead atoms. The molecule has 1 fully saturated rings. The van der Waals surface area contributed by atoms with E-state index in [0.29, 0.717) is 22.9 Å². The zero-order valence-corrected chi connectivity index (χ0v) is 29.8. The number of hydrogen-bond acceptors (Lipinski definition) is 9. The molecule has 11 nitrogen and oxygen atoms in total. The monoisotopic (exact) mass is 697 g/mol. The van der Waals surface area contributed by atoms with Crippen molar-refractivity contribution >= 4 is 35.4 Å². The summed E-state index contributed by atoms with van der Waals surface area (Å²) in [6.45, 7) is 9.33. The molecule has 0 aromatic heterocycles. The van der Waals surface area contributed by atoms with Crippen LogP contribution < -0.4 is 21.1 Å². The van der Waals surface area contributed by atoms with Gasteiger partial charge in [-0.15, -0.1) is 0 Å². The molecule has 266 valence electrons. The summed E-state index contributed by atoms with van der Waals surface area (Å²) in [4.78, 5) is 53.7. The molecule has 4 rings (SSSR count). The van der Waals surface area contributed by atoms with Gasteiger partial charge in [0.2, 0.25) is 11.8 Å². The fourth-order valence-electron chi connectivity index (χ4n) is 5.67. The Kier molecular flexibility index (Phi) is 12.9. The highest BCUT2D eigenvalue weighted by molar-refractivity contribution is 6.32. The maximum Gasteiger partial charge on any atom is 0.347 e. The van der Waals surface area contributed by atoms with Crippen molar-refractivity contribution < 1.29 is 38.1 Å². The standard InChI is InChI=1S/C37H48ClN3O8/c1-21(2)16-30-35(44)47-28(22(3)32-33(49-32)25-13-10-23(19-39)11-14-25)8-7-9-31(42)41-27(18-24-12-15-29(46-6)26(38)17-24)34(43)40-20-37(4,5)36(45)48-30/h7,9-15,17,21-22,27-28,30,32-33H,8,16,18-20,39H2,1-6H3,(H,40,43)(H,41,42)/b9-7+/t22-,27-,28-,30-,32+,33+/m0/s1. The number of epoxide rings is 1. The van der Waals surface area contributed by atoms with Gasteiger partial charge in [0.1, 0.15) is 24.0 Å². The van der Waals surface area contributed by atoms with Crippen LogP contribution in [-0.2, 0) is 46.4 Å². The maximum absolute atomic E-state index is 13.6.